The molecule has 1 saturated carbocycles. The predicted octanol–water partition coefficient (Wildman–Crippen LogP) is 2.62. The van der Waals surface area contributed by atoms with Gasteiger partial charge in [-0.1, -0.05) is 32.6 Å². The summed E-state index contributed by atoms with van der Waals surface area (Å²) in [6, 6.07) is 3.07. The van der Waals surface area contributed by atoms with Gasteiger partial charge in [-0.2, -0.15) is 0 Å². The number of rotatable bonds is 6. The molecule has 0 radical (unpaired) electrons. The molecule has 1 aliphatic carbocycles. The second-order valence-electron chi connectivity index (χ2n) is 5.94. The minimum atomic E-state index is -3.43. The lowest BCUT2D eigenvalue weighted by Gasteiger charge is -2.26. The first-order valence-electron chi connectivity index (χ1n) is 7.64. The van der Waals surface area contributed by atoms with Crippen LogP contribution in [0.1, 0.15) is 39.0 Å². The topological polar surface area (TPSA) is 71.1 Å². The first-order chi connectivity index (χ1) is 10.0. The van der Waals surface area contributed by atoms with E-state index >= 15 is 0 Å². The number of nitrogens with one attached hydrogen (secondary N) is 2. The van der Waals surface area contributed by atoms with Gasteiger partial charge in [-0.3, -0.25) is 0 Å². The van der Waals surface area contributed by atoms with Gasteiger partial charge in [0.15, 0.2) is 0 Å². The Bertz CT molecular complexity index is 552. The van der Waals surface area contributed by atoms with Crippen molar-refractivity contribution in [1.82, 2.24) is 9.71 Å². The van der Waals surface area contributed by atoms with Crippen molar-refractivity contribution in [3.63, 3.8) is 0 Å². The van der Waals surface area contributed by atoms with Crippen LogP contribution >= 0.6 is 0 Å². The molecule has 2 N–H and O–H groups in total. The summed E-state index contributed by atoms with van der Waals surface area (Å²) in [6.07, 6.45) is 7.42. The quantitative estimate of drug-likeness (QED) is 0.847. The largest absolute Gasteiger partial charge is 0.373 e. The zero-order valence-corrected chi connectivity index (χ0v) is 13.6. The van der Waals surface area contributed by atoms with E-state index in [0.29, 0.717) is 18.3 Å². The van der Waals surface area contributed by atoms with Gasteiger partial charge in [0.2, 0.25) is 10.0 Å². The maximum absolute atomic E-state index is 12.2. The molecule has 2 rings (SSSR count). The highest BCUT2D eigenvalue weighted by molar-refractivity contribution is 7.89. The van der Waals surface area contributed by atoms with E-state index in [9.17, 15) is 8.42 Å². The van der Waals surface area contributed by atoms with Crippen molar-refractivity contribution >= 4 is 15.8 Å². The van der Waals surface area contributed by atoms with Gasteiger partial charge in [0.25, 0.3) is 0 Å². The van der Waals surface area contributed by atoms with Crippen molar-refractivity contribution in [3.8, 4) is 0 Å². The van der Waals surface area contributed by atoms with Crippen LogP contribution in [0.25, 0.3) is 0 Å². The molecule has 0 saturated heterocycles. The van der Waals surface area contributed by atoms with Crippen LogP contribution in [0.4, 0.5) is 5.82 Å². The number of hydrogen-bond acceptors (Lipinski definition) is 4. The van der Waals surface area contributed by atoms with Crippen LogP contribution in [-0.4, -0.2) is 27.0 Å². The molecular formula is C15H25N3O2S. The summed E-state index contributed by atoms with van der Waals surface area (Å²) in [6.45, 7) is 2.81. The van der Waals surface area contributed by atoms with Crippen molar-refractivity contribution in [2.45, 2.75) is 43.9 Å². The van der Waals surface area contributed by atoms with Gasteiger partial charge in [-0.15, -0.1) is 0 Å². The van der Waals surface area contributed by atoms with Crippen LogP contribution in [0, 0.1) is 11.8 Å². The monoisotopic (exact) mass is 311 g/mol. The third-order valence-electron chi connectivity index (χ3n) is 4.28. The average molecular weight is 311 g/mol. The highest BCUT2D eigenvalue weighted by atomic mass is 32.2. The Labute approximate surface area is 127 Å². The van der Waals surface area contributed by atoms with Crippen LogP contribution in [0.5, 0.6) is 0 Å². The fraction of sp³-hybridized carbons (Fsp3) is 0.667. The summed E-state index contributed by atoms with van der Waals surface area (Å²) in [5, 5.41) is 2.85. The summed E-state index contributed by atoms with van der Waals surface area (Å²) in [4.78, 5) is 4.29. The molecule has 0 unspecified atom stereocenters. The zero-order valence-electron chi connectivity index (χ0n) is 12.8. The van der Waals surface area contributed by atoms with Crippen molar-refractivity contribution in [3.05, 3.63) is 18.3 Å². The SMILES string of the molecule is CNc1cc(S(=O)(=O)NCCC2CCC(C)CC2)ccn1. The maximum Gasteiger partial charge on any atom is 0.240 e. The third kappa shape index (κ3) is 4.68. The van der Waals surface area contributed by atoms with Gasteiger partial charge >= 0.3 is 0 Å². The molecule has 1 aliphatic rings. The normalized spacial score (nSPS) is 23.0. The molecule has 0 aliphatic heterocycles. The lowest BCUT2D eigenvalue weighted by Crippen LogP contribution is -2.27. The molecule has 0 bridgehead atoms. The molecule has 1 aromatic rings. The molecule has 6 heteroatoms. The van der Waals surface area contributed by atoms with Crippen molar-refractivity contribution in [1.29, 1.82) is 0 Å². The van der Waals surface area contributed by atoms with E-state index in [2.05, 4.69) is 21.9 Å². The summed E-state index contributed by atoms with van der Waals surface area (Å²) in [7, 11) is -1.72. The third-order valence-corrected chi connectivity index (χ3v) is 5.74. The van der Waals surface area contributed by atoms with Crippen LogP contribution in [-0.2, 0) is 10.0 Å². The Kier molecular flexibility index (Phi) is 5.58. The lowest BCUT2D eigenvalue weighted by molar-refractivity contribution is 0.278. The van der Waals surface area contributed by atoms with Crippen molar-refractivity contribution in [2.75, 3.05) is 18.9 Å². The molecule has 0 aromatic carbocycles. The van der Waals surface area contributed by atoms with E-state index in [1.165, 1.54) is 37.9 Å². The molecule has 1 fully saturated rings. The molecule has 1 aromatic heterocycles. The Balaban J connectivity index is 1.86. The number of pyridine rings is 1. The first kappa shape index (κ1) is 16.2. The number of sulfonamides is 1. The van der Waals surface area contributed by atoms with E-state index in [-0.39, 0.29) is 4.90 Å². The Hall–Kier alpha value is -1.14. The first-order valence-corrected chi connectivity index (χ1v) is 9.13. The Morgan fingerprint density at radius 1 is 1.29 bits per heavy atom. The van der Waals surface area contributed by atoms with Crippen LogP contribution in [0.15, 0.2) is 23.2 Å². The highest BCUT2D eigenvalue weighted by Crippen LogP contribution is 2.30. The molecule has 5 nitrogen and oxygen atoms in total. The number of hydrogen-bond donors (Lipinski definition) is 2. The number of nitrogens with zero attached hydrogens (tertiary/aromatic N) is 1. The molecule has 118 valence electrons. The van der Waals surface area contributed by atoms with Crippen LogP contribution in [0.2, 0.25) is 0 Å². The summed E-state index contributed by atoms with van der Waals surface area (Å²) >= 11 is 0. The minimum Gasteiger partial charge on any atom is -0.373 e. The van der Waals surface area contributed by atoms with E-state index < -0.39 is 10.0 Å². The summed E-state index contributed by atoms with van der Waals surface area (Å²) in [5.74, 6) is 2.04. The van der Waals surface area contributed by atoms with E-state index in [1.54, 1.807) is 13.1 Å². The Morgan fingerprint density at radius 2 is 2.00 bits per heavy atom. The molecular weight excluding hydrogens is 286 g/mol. The summed E-state index contributed by atoms with van der Waals surface area (Å²) in [5.41, 5.74) is 0. The van der Waals surface area contributed by atoms with E-state index in [1.807, 2.05) is 0 Å². The van der Waals surface area contributed by atoms with Gasteiger partial charge < -0.3 is 5.32 Å². The van der Waals surface area contributed by atoms with E-state index in [0.717, 1.165) is 12.3 Å². The fourth-order valence-electron chi connectivity index (χ4n) is 2.81. The second-order valence-corrected chi connectivity index (χ2v) is 7.71. The smallest absolute Gasteiger partial charge is 0.240 e. The van der Waals surface area contributed by atoms with E-state index in [4.69, 9.17) is 0 Å². The highest BCUT2D eigenvalue weighted by Gasteiger charge is 2.19. The van der Waals surface area contributed by atoms with Crippen molar-refractivity contribution in [2.24, 2.45) is 11.8 Å². The van der Waals surface area contributed by atoms with Gasteiger partial charge in [0, 0.05) is 25.9 Å². The Morgan fingerprint density at radius 3 is 2.67 bits per heavy atom. The molecule has 0 spiro atoms. The lowest BCUT2D eigenvalue weighted by atomic mass is 9.81. The van der Waals surface area contributed by atoms with Gasteiger partial charge in [-0.05, 0) is 24.3 Å². The number of anilines is 1. The van der Waals surface area contributed by atoms with Crippen molar-refractivity contribution < 1.29 is 8.42 Å². The molecule has 0 amide bonds. The number of aromatic nitrogens is 1. The predicted molar refractivity (Wildman–Crippen MR) is 84.7 cm³/mol. The standard InChI is InChI=1S/C15H25N3O2S/c1-12-3-5-13(6-4-12)7-10-18-21(19,20)14-8-9-17-15(11-14)16-2/h8-9,11-13,18H,3-7,10H2,1-2H3,(H,16,17). The maximum atomic E-state index is 12.2. The second kappa shape index (κ2) is 7.22. The molecule has 1 heterocycles. The molecule has 21 heavy (non-hydrogen) atoms. The summed E-state index contributed by atoms with van der Waals surface area (Å²) < 4.78 is 27.2. The fourth-order valence-corrected chi connectivity index (χ4v) is 3.87. The van der Waals surface area contributed by atoms with Crippen LogP contribution in [0.3, 0.4) is 0 Å². The zero-order chi connectivity index (χ0) is 15.3. The minimum absolute atomic E-state index is 0.263. The average Bonchev–Trinajstić information content (AvgIpc) is 2.49. The van der Waals surface area contributed by atoms with Gasteiger partial charge in [-0.25, -0.2) is 18.1 Å². The van der Waals surface area contributed by atoms with Gasteiger partial charge in [0.1, 0.15) is 5.82 Å². The van der Waals surface area contributed by atoms with Gasteiger partial charge in [0.05, 0.1) is 4.90 Å². The molecule has 0 atom stereocenters. The van der Waals surface area contributed by atoms with Crippen LogP contribution < -0.4 is 10.0 Å².